The Morgan fingerprint density at radius 3 is 2.39 bits per heavy atom. The van der Waals surface area contributed by atoms with Crippen LogP contribution in [0.25, 0.3) is 0 Å². The molecule has 1 aromatic heterocycles. The molecule has 33 heavy (non-hydrogen) atoms. The summed E-state index contributed by atoms with van der Waals surface area (Å²) in [6.45, 7) is 1.92. The molecule has 0 aliphatic heterocycles. The summed E-state index contributed by atoms with van der Waals surface area (Å²) < 4.78 is 0. The second kappa shape index (κ2) is 10.1. The molecule has 170 valence electrons. The third-order valence-electron chi connectivity index (χ3n) is 5.13. The van der Waals surface area contributed by atoms with Crippen LogP contribution >= 0.6 is 22.9 Å². The largest absolute Gasteiger partial charge is 0.326 e. The number of nitrogens with one attached hydrogen (secondary N) is 2. The lowest BCUT2D eigenvalue weighted by Crippen LogP contribution is -2.39. The highest BCUT2D eigenvalue weighted by atomic mass is 35.5. The number of thiazole rings is 1. The molecule has 0 atom stereocenters. The molecule has 1 heterocycles. The van der Waals surface area contributed by atoms with Gasteiger partial charge in [-0.05, 0) is 56.2 Å². The van der Waals surface area contributed by atoms with Crippen LogP contribution in [-0.2, 0) is 16.0 Å². The number of benzene rings is 2. The molecular weight excluding hydrogens is 460 g/mol. The zero-order valence-corrected chi connectivity index (χ0v) is 19.6. The number of nitrogens with zero attached hydrogens (tertiary/aromatic N) is 2. The van der Waals surface area contributed by atoms with Crippen molar-refractivity contribution in [3.8, 4) is 0 Å². The van der Waals surface area contributed by atoms with Crippen LogP contribution in [0.2, 0.25) is 5.02 Å². The first-order valence-corrected chi connectivity index (χ1v) is 11.8. The summed E-state index contributed by atoms with van der Waals surface area (Å²) in [6.07, 6.45) is 1.86. The van der Waals surface area contributed by atoms with Gasteiger partial charge in [0.1, 0.15) is 6.54 Å². The Labute approximate surface area is 200 Å². The zero-order valence-electron chi connectivity index (χ0n) is 18.0. The number of halogens is 1. The van der Waals surface area contributed by atoms with Crippen molar-refractivity contribution >= 4 is 51.5 Å². The molecule has 0 bridgehead atoms. The van der Waals surface area contributed by atoms with Gasteiger partial charge in [-0.2, -0.15) is 0 Å². The maximum atomic E-state index is 12.9. The van der Waals surface area contributed by atoms with Crippen LogP contribution in [0.4, 0.5) is 10.8 Å². The highest BCUT2D eigenvalue weighted by Crippen LogP contribution is 2.28. The Bertz CT molecular complexity index is 1160. The van der Waals surface area contributed by atoms with E-state index in [1.165, 1.54) is 11.3 Å². The molecule has 2 N–H and O–H groups in total. The van der Waals surface area contributed by atoms with Crippen LogP contribution in [0.5, 0.6) is 0 Å². The van der Waals surface area contributed by atoms with Crippen molar-refractivity contribution in [1.29, 1.82) is 0 Å². The van der Waals surface area contributed by atoms with Gasteiger partial charge in [-0.15, -0.1) is 11.3 Å². The number of hydrogen-bond donors (Lipinski definition) is 2. The molecule has 4 rings (SSSR count). The van der Waals surface area contributed by atoms with Crippen molar-refractivity contribution in [2.45, 2.75) is 32.2 Å². The smallest absolute Gasteiger partial charge is 0.254 e. The van der Waals surface area contributed by atoms with Gasteiger partial charge in [-0.25, -0.2) is 4.98 Å². The van der Waals surface area contributed by atoms with Crippen molar-refractivity contribution < 1.29 is 14.4 Å². The molecule has 1 aliphatic rings. The van der Waals surface area contributed by atoms with E-state index < -0.39 is 0 Å². The number of rotatable bonds is 8. The van der Waals surface area contributed by atoms with E-state index in [1.54, 1.807) is 34.5 Å². The van der Waals surface area contributed by atoms with Crippen molar-refractivity contribution in [1.82, 2.24) is 9.88 Å². The topological polar surface area (TPSA) is 91.4 Å². The number of carbonyl (C=O) groups excluding carboxylic acids is 3. The third-order valence-corrected chi connectivity index (χ3v) is 6.19. The maximum Gasteiger partial charge on any atom is 0.254 e. The molecule has 9 heteroatoms. The molecule has 1 aliphatic carbocycles. The van der Waals surface area contributed by atoms with Gasteiger partial charge < -0.3 is 15.5 Å². The standard InChI is InChI=1S/C24H23ClN4O3S/c1-15-2-8-18(9-3-15)26-21(30)12-19-14-33-24(27-19)28-22(31)13-29(20-10-11-20)23(32)16-4-6-17(25)7-5-16/h2-9,14,20H,10-13H2,1H3,(H,26,30)(H,27,28,31). The fourth-order valence-electron chi connectivity index (χ4n) is 3.28. The molecule has 0 saturated heterocycles. The van der Waals surface area contributed by atoms with E-state index in [1.807, 2.05) is 31.2 Å². The van der Waals surface area contributed by atoms with Crippen LogP contribution in [0.1, 0.15) is 34.5 Å². The highest BCUT2D eigenvalue weighted by molar-refractivity contribution is 7.13. The van der Waals surface area contributed by atoms with E-state index in [-0.39, 0.29) is 36.7 Å². The number of carbonyl (C=O) groups is 3. The second-order valence-corrected chi connectivity index (χ2v) is 9.25. The number of aryl methyl sites for hydroxylation is 1. The van der Waals surface area contributed by atoms with E-state index in [2.05, 4.69) is 15.6 Å². The summed E-state index contributed by atoms with van der Waals surface area (Å²) in [7, 11) is 0. The lowest BCUT2D eigenvalue weighted by atomic mass is 10.2. The summed E-state index contributed by atoms with van der Waals surface area (Å²) in [4.78, 5) is 43.7. The van der Waals surface area contributed by atoms with Gasteiger partial charge in [0, 0.05) is 27.7 Å². The minimum atomic E-state index is -0.325. The van der Waals surface area contributed by atoms with Crippen LogP contribution in [0, 0.1) is 6.92 Å². The lowest BCUT2D eigenvalue weighted by Gasteiger charge is -2.21. The second-order valence-electron chi connectivity index (χ2n) is 7.95. The van der Waals surface area contributed by atoms with Crippen molar-refractivity contribution in [3.05, 3.63) is 75.8 Å². The number of amides is 3. The Morgan fingerprint density at radius 2 is 1.73 bits per heavy atom. The summed E-state index contributed by atoms with van der Waals surface area (Å²) >= 11 is 7.15. The van der Waals surface area contributed by atoms with E-state index in [4.69, 9.17) is 11.6 Å². The summed E-state index contributed by atoms with van der Waals surface area (Å²) in [5, 5.41) is 8.26. The first kappa shape index (κ1) is 22.9. The zero-order chi connectivity index (χ0) is 23.4. The molecule has 1 saturated carbocycles. The minimum Gasteiger partial charge on any atom is -0.326 e. The molecule has 2 aromatic carbocycles. The van der Waals surface area contributed by atoms with Crippen LogP contribution < -0.4 is 10.6 Å². The average Bonchev–Trinajstić information content (AvgIpc) is 3.54. The van der Waals surface area contributed by atoms with Crippen molar-refractivity contribution in [2.24, 2.45) is 0 Å². The molecule has 1 fully saturated rings. The van der Waals surface area contributed by atoms with E-state index >= 15 is 0 Å². The molecule has 7 nitrogen and oxygen atoms in total. The SMILES string of the molecule is Cc1ccc(NC(=O)Cc2csc(NC(=O)CN(C(=O)c3ccc(Cl)cc3)C3CC3)n2)cc1. The molecule has 0 unspecified atom stereocenters. The number of aromatic nitrogens is 1. The quantitative estimate of drug-likeness (QED) is 0.493. The minimum absolute atomic E-state index is 0.0606. The lowest BCUT2D eigenvalue weighted by molar-refractivity contribution is -0.117. The van der Waals surface area contributed by atoms with Gasteiger partial charge in [-0.3, -0.25) is 14.4 Å². The predicted octanol–water partition coefficient (Wildman–Crippen LogP) is 4.53. The van der Waals surface area contributed by atoms with Gasteiger partial charge in [0.05, 0.1) is 12.1 Å². The fourth-order valence-corrected chi connectivity index (χ4v) is 4.13. The molecule has 3 aromatic rings. The Kier molecular flexibility index (Phi) is 7.05. The third kappa shape index (κ3) is 6.40. The van der Waals surface area contributed by atoms with Gasteiger partial charge in [-0.1, -0.05) is 29.3 Å². The van der Waals surface area contributed by atoms with Gasteiger partial charge in [0.25, 0.3) is 5.91 Å². The maximum absolute atomic E-state index is 12.9. The van der Waals surface area contributed by atoms with Crippen LogP contribution in [0.15, 0.2) is 53.9 Å². The van der Waals surface area contributed by atoms with Gasteiger partial charge in [0.2, 0.25) is 11.8 Å². The summed E-state index contributed by atoms with van der Waals surface area (Å²) in [6, 6.07) is 14.2. The summed E-state index contributed by atoms with van der Waals surface area (Å²) in [5.41, 5.74) is 2.90. The first-order valence-electron chi connectivity index (χ1n) is 10.5. The first-order chi connectivity index (χ1) is 15.9. The van der Waals surface area contributed by atoms with Crippen LogP contribution in [-0.4, -0.2) is 40.2 Å². The number of anilines is 2. The highest BCUT2D eigenvalue weighted by Gasteiger charge is 2.34. The predicted molar refractivity (Wildman–Crippen MR) is 130 cm³/mol. The van der Waals surface area contributed by atoms with Crippen LogP contribution in [0.3, 0.4) is 0 Å². The van der Waals surface area contributed by atoms with E-state index in [9.17, 15) is 14.4 Å². The monoisotopic (exact) mass is 482 g/mol. The molecular formula is C24H23ClN4O3S. The fraction of sp³-hybridized carbons (Fsp3) is 0.250. The van der Waals surface area contributed by atoms with Crippen molar-refractivity contribution in [2.75, 3.05) is 17.2 Å². The molecule has 3 amide bonds. The molecule has 0 spiro atoms. The Hall–Kier alpha value is -3.23. The normalized spacial score (nSPS) is 12.8. The Morgan fingerprint density at radius 1 is 1.03 bits per heavy atom. The Balaban J connectivity index is 1.31. The average molecular weight is 483 g/mol. The molecule has 0 radical (unpaired) electrons. The summed E-state index contributed by atoms with van der Waals surface area (Å²) in [5.74, 6) is -0.707. The van der Waals surface area contributed by atoms with Crippen molar-refractivity contribution in [3.63, 3.8) is 0 Å². The van der Waals surface area contributed by atoms with E-state index in [0.717, 1.165) is 24.1 Å². The van der Waals surface area contributed by atoms with Gasteiger partial charge in [0.15, 0.2) is 5.13 Å². The number of hydrogen-bond acceptors (Lipinski definition) is 5. The van der Waals surface area contributed by atoms with Gasteiger partial charge >= 0.3 is 0 Å². The van der Waals surface area contributed by atoms with E-state index in [0.29, 0.717) is 21.4 Å².